The van der Waals surface area contributed by atoms with Gasteiger partial charge in [0.05, 0.1) is 12.6 Å². The molecule has 1 unspecified atom stereocenters. The van der Waals surface area contributed by atoms with Crippen molar-refractivity contribution in [3.05, 3.63) is 0 Å². The molecule has 0 bridgehead atoms. The Balaban J connectivity index is 1.65. The number of hydrogen-bond acceptors (Lipinski definition) is 4. The molecule has 2 heterocycles. The predicted octanol–water partition coefficient (Wildman–Crippen LogP) is -0.336. The monoisotopic (exact) mass is 270 g/mol. The molecule has 0 saturated carbocycles. The molecule has 0 spiro atoms. The molecular weight excluding hydrogens is 244 g/mol. The first-order valence-corrected chi connectivity index (χ1v) is 7.15. The standard InChI is InChI=1S/C13H26N4O2/c1-15(2)4-5-16-6-8-17(9-7-16)13(18)14-12-3-10-19-11-12/h12H,3-11H2,1-2H3,(H,14,18). The summed E-state index contributed by atoms with van der Waals surface area (Å²) in [6.07, 6.45) is 0.939. The number of hydrogen-bond donors (Lipinski definition) is 1. The van der Waals surface area contributed by atoms with Crippen LogP contribution in [0.25, 0.3) is 0 Å². The third-order valence-corrected chi connectivity index (χ3v) is 3.78. The van der Waals surface area contributed by atoms with Crippen molar-refractivity contribution < 1.29 is 9.53 Å². The van der Waals surface area contributed by atoms with Crippen molar-refractivity contribution in [2.24, 2.45) is 0 Å². The van der Waals surface area contributed by atoms with Crippen LogP contribution in [-0.4, -0.2) is 93.4 Å². The van der Waals surface area contributed by atoms with Crippen LogP contribution in [-0.2, 0) is 4.74 Å². The minimum atomic E-state index is 0.0720. The van der Waals surface area contributed by atoms with E-state index in [-0.39, 0.29) is 12.1 Å². The summed E-state index contributed by atoms with van der Waals surface area (Å²) in [6.45, 7) is 7.19. The van der Waals surface area contributed by atoms with Gasteiger partial charge >= 0.3 is 6.03 Å². The van der Waals surface area contributed by atoms with Crippen molar-refractivity contribution >= 4 is 6.03 Å². The fourth-order valence-corrected chi connectivity index (χ4v) is 2.43. The molecule has 2 aliphatic rings. The molecule has 19 heavy (non-hydrogen) atoms. The number of carbonyl (C=O) groups is 1. The molecule has 1 N–H and O–H groups in total. The van der Waals surface area contributed by atoms with E-state index in [2.05, 4.69) is 29.2 Å². The quantitative estimate of drug-likeness (QED) is 0.759. The Bertz CT molecular complexity index is 284. The molecule has 2 saturated heterocycles. The third-order valence-electron chi connectivity index (χ3n) is 3.78. The highest BCUT2D eigenvalue weighted by Crippen LogP contribution is 2.06. The summed E-state index contributed by atoms with van der Waals surface area (Å²) in [5.41, 5.74) is 0. The lowest BCUT2D eigenvalue weighted by Crippen LogP contribution is -2.54. The number of nitrogens with zero attached hydrogens (tertiary/aromatic N) is 3. The number of piperazine rings is 1. The summed E-state index contributed by atoms with van der Waals surface area (Å²) < 4.78 is 5.27. The number of likely N-dealkylation sites (N-methyl/N-ethyl adjacent to an activating group) is 1. The van der Waals surface area contributed by atoms with Gasteiger partial charge in [0.2, 0.25) is 0 Å². The Kier molecular flexibility index (Phi) is 5.42. The second-order valence-corrected chi connectivity index (χ2v) is 5.64. The summed E-state index contributed by atoms with van der Waals surface area (Å²) >= 11 is 0. The highest BCUT2D eigenvalue weighted by atomic mass is 16.5. The van der Waals surface area contributed by atoms with Gasteiger partial charge in [0.15, 0.2) is 0 Å². The largest absolute Gasteiger partial charge is 0.379 e. The highest BCUT2D eigenvalue weighted by molar-refractivity contribution is 5.74. The highest BCUT2D eigenvalue weighted by Gasteiger charge is 2.24. The SMILES string of the molecule is CN(C)CCN1CCN(C(=O)NC2CCOC2)CC1. The van der Waals surface area contributed by atoms with Crippen LogP contribution in [0.15, 0.2) is 0 Å². The van der Waals surface area contributed by atoms with Crippen LogP contribution in [0.1, 0.15) is 6.42 Å². The van der Waals surface area contributed by atoms with Crippen LogP contribution in [0.2, 0.25) is 0 Å². The number of nitrogens with one attached hydrogen (secondary N) is 1. The normalized spacial score (nSPS) is 25.0. The lowest BCUT2D eigenvalue weighted by molar-refractivity contribution is 0.130. The van der Waals surface area contributed by atoms with Crippen LogP contribution >= 0.6 is 0 Å². The zero-order valence-electron chi connectivity index (χ0n) is 12.1. The van der Waals surface area contributed by atoms with Crippen molar-refractivity contribution in [3.8, 4) is 0 Å². The maximum Gasteiger partial charge on any atom is 0.317 e. The van der Waals surface area contributed by atoms with E-state index < -0.39 is 0 Å². The van der Waals surface area contributed by atoms with E-state index in [0.717, 1.165) is 52.3 Å². The third kappa shape index (κ3) is 4.63. The fraction of sp³-hybridized carbons (Fsp3) is 0.923. The fourth-order valence-electron chi connectivity index (χ4n) is 2.43. The van der Waals surface area contributed by atoms with E-state index in [1.807, 2.05) is 4.90 Å². The molecule has 2 rings (SSSR count). The molecule has 1 atom stereocenters. The van der Waals surface area contributed by atoms with E-state index >= 15 is 0 Å². The van der Waals surface area contributed by atoms with Gasteiger partial charge in [0.25, 0.3) is 0 Å². The number of urea groups is 1. The molecule has 2 aliphatic heterocycles. The maximum atomic E-state index is 12.1. The average molecular weight is 270 g/mol. The van der Waals surface area contributed by atoms with Gasteiger partial charge < -0.3 is 19.9 Å². The summed E-state index contributed by atoms with van der Waals surface area (Å²) in [5.74, 6) is 0. The van der Waals surface area contributed by atoms with Gasteiger partial charge in [-0.05, 0) is 20.5 Å². The van der Waals surface area contributed by atoms with Gasteiger partial charge in [-0.1, -0.05) is 0 Å². The second kappa shape index (κ2) is 7.07. The Labute approximate surface area is 115 Å². The van der Waals surface area contributed by atoms with E-state index in [9.17, 15) is 4.79 Å². The topological polar surface area (TPSA) is 48.0 Å². The summed E-state index contributed by atoms with van der Waals surface area (Å²) in [7, 11) is 4.18. The second-order valence-electron chi connectivity index (χ2n) is 5.64. The van der Waals surface area contributed by atoms with Gasteiger partial charge in [-0.25, -0.2) is 4.79 Å². The number of amides is 2. The maximum absolute atomic E-state index is 12.1. The molecule has 0 aromatic carbocycles. The van der Waals surface area contributed by atoms with Gasteiger partial charge in [-0.3, -0.25) is 4.90 Å². The molecular formula is C13H26N4O2. The lowest BCUT2D eigenvalue weighted by atomic mass is 10.2. The average Bonchev–Trinajstić information content (AvgIpc) is 2.89. The zero-order chi connectivity index (χ0) is 13.7. The van der Waals surface area contributed by atoms with Crippen LogP contribution in [0.5, 0.6) is 0 Å². The Hall–Kier alpha value is -0.850. The van der Waals surface area contributed by atoms with Crippen LogP contribution in [0.3, 0.4) is 0 Å². The summed E-state index contributed by atoms with van der Waals surface area (Å²) in [5, 5.41) is 3.05. The summed E-state index contributed by atoms with van der Waals surface area (Å²) in [6, 6.07) is 0.280. The molecule has 6 heteroatoms. The van der Waals surface area contributed by atoms with Crippen LogP contribution in [0, 0.1) is 0 Å². The van der Waals surface area contributed by atoms with Crippen molar-refractivity contribution in [1.82, 2.24) is 20.0 Å². The molecule has 110 valence electrons. The molecule has 2 amide bonds. The molecule has 2 fully saturated rings. The van der Waals surface area contributed by atoms with E-state index in [1.54, 1.807) is 0 Å². The first kappa shape index (κ1) is 14.6. The van der Waals surface area contributed by atoms with Crippen molar-refractivity contribution in [3.63, 3.8) is 0 Å². The Morgan fingerprint density at radius 2 is 2.05 bits per heavy atom. The minimum Gasteiger partial charge on any atom is -0.379 e. The van der Waals surface area contributed by atoms with Gasteiger partial charge in [-0.15, -0.1) is 0 Å². The van der Waals surface area contributed by atoms with Gasteiger partial charge in [-0.2, -0.15) is 0 Å². The van der Waals surface area contributed by atoms with Crippen molar-refractivity contribution in [2.45, 2.75) is 12.5 Å². The van der Waals surface area contributed by atoms with Gasteiger partial charge in [0, 0.05) is 45.9 Å². The predicted molar refractivity (Wildman–Crippen MR) is 74.3 cm³/mol. The molecule has 0 aromatic heterocycles. The van der Waals surface area contributed by atoms with Gasteiger partial charge in [0.1, 0.15) is 0 Å². The number of ether oxygens (including phenoxy) is 1. The first-order valence-electron chi connectivity index (χ1n) is 7.15. The lowest BCUT2D eigenvalue weighted by Gasteiger charge is -2.35. The molecule has 0 aliphatic carbocycles. The number of carbonyl (C=O) groups excluding carboxylic acids is 1. The van der Waals surface area contributed by atoms with Crippen molar-refractivity contribution in [1.29, 1.82) is 0 Å². The van der Waals surface area contributed by atoms with E-state index in [1.165, 1.54) is 0 Å². The van der Waals surface area contributed by atoms with E-state index in [4.69, 9.17) is 4.74 Å². The Morgan fingerprint density at radius 1 is 1.32 bits per heavy atom. The zero-order valence-corrected chi connectivity index (χ0v) is 12.1. The van der Waals surface area contributed by atoms with Crippen molar-refractivity contribution in [2.75, 3.05) is 66.6 Å². The molecule has 0 radical (unpaired) electrons. The van der Waals surface area contributed by atoms with Crippen LogP contribution in [0.4, 0.5) is 4.79 Å². The van der Waals surface area contributed by atoms with E-state index in [0.29, 0.717) is 6.61 Å². The minimum absolute atomic E-state index is 0.0720. The summed E-state index contributed by atoms with van der Waals surface area (Å²) in [4.78, 5) is 18.6. The first-order chi connectivity index (χ1) is 9.15. The number of rotatable bonds is 4. The van der Waals surface area contributed by atoms with Crippen LogP contribution < -0.4 is 5.32 Å². The molecule has 6 nitrogen and oxygen atoms in total. The molecule has 0 aromatic rings. The smallest absolute Gasteiger partial charge is 0.317 e. The Morgan fingerprint density at radius 3 is 2.63 bits per heavy atom.